The normalized spacial score (nSPS) is 21.1. The molecule has 2 heterocycles. The fourth-order valence-electron chi connectivity index (χ4n) is 4.27. The van der Waals surface area contributed by atoms with E-state index in [4.69, 9.17) is 9.47 Å². The first-order valence-electron chi connectivity index (χ1n) is 10.8. The highest BCUT2D eigenvalue weighted by Gasteiger charge is 2.49. The highest BCUT2D eigenvalue weighted by atomic mass is 16.5. The van der Waals surface area contributed by atoms with Crippen LogP contribution in [-0.4, -0.2) is 48.2 Å². The number of hydrogen-bond donors (Lipinski definition) is 1. The van der Waals surface area contributed by atoms with Crippen molar-refractivity contribution < 1.29 is 19.1 Å². The predicted octanol–water partition coefficient (Wildman–Crippen LogP) is 3.27. The summed E-state index contributed by atoms with van der Waals surface area (Å²) in [5.41, 5.74) is 2.09. The lowest BCUT2D eigenvalue weighted by Crippen LogP contribution is -2.45. The lowest BCUT2D eigenvalue weighted by atomic mass is 9.92. The third-order valence-corrected chi connectivity index (χ3v) is 5.92. The smallest absolute Gasteiger partial charge is 0.326 e. The number of ether oxygens (including phenoxy) is 2. The molecule has 0 spiro atoms. The largest absolute Gasteiger partial charge is 0.490 e. The minimum Gasteiger partial charge on any atom is -0.490 e. The Balaban J connectivity index is 1.51. The van der Waals surface area contributed by atoms with Crippen molar-refractivity contribution >= 4 is 11.9 Å². The number of amides is 3. The molecule has 2 aromatic carbocycles. The zero-order valence-electron chi connectivity index (χ0n) is 18.3. The van der Waals surface area contributed by atoms with E-state index < -0.39 is 5.54 Å². The first-order valence-corrected chi connectivity index (χ1v) is 10.8. The van der Waals surface area contributed by atoms with Crippen LogP contribution in [0.15, 0.2) is 42.5 Å². The number of benzene rings is 2. The topological polar surface area (TPSA) is 71.1 Å². The molecule has 0 bridgehead atoms. The Kier molecular flexibility index (Phi) is 5.87. The maximum absolute atomic E-state index is 13.2. The van der Waals surface area contributed by atoms with Crippen LogP contribution in [-0.2, 0) is 23.3 Å². The first-order chi connectivity index (χ1) is 15.0. The van der Waals surface area contributed by atoms with Crippen LogP contribution < -0.4 is 14.8 Å². The number of urea groups is 1. The molecule has 7 nitrogen and oxygen atoms in total. The molecule has 3 amide bonds. The molecule has 2 aliphatic rings. The molecule has 2 aromatic rings. The second-order valence-electron chi connectivity index (χ2n) is 8.03. The SMILES string of the molecule is CCOc1cc2c(cc1OCC)CN(CN1C(=O)N[C@@](C)(c3ccccc3)C1=O)CC2. The van der Waals surface area contributed by atoms with Gasteiger partial charge in [0.15, 0.2) is 11.5 Å². The highest BCUT2D eigenvalue weighted by Crippen LogP contribution is 2.34. The van der Waals surface area contributed by atoms with E-state index in [9.17, 15) is 9.59 Å². The van der Waals surface area contributed by atoms with Crippen LogP contribution in [0.25, 0.3) is 0 Å². The van der Waals surface area contributed by atoms with Gasteiger partial charge in [-0.1, -0.05) is 30.3 Å². The van der Waals surface area contributed by atoms with Gasteiger partial charge in [-0.15, -0.1) is 0 Å². The number of fused-ring (bicyclic) bond motifs is 1. The van der Waals surface area contributed by atoms with Crippen molar-refractivity contribution in [3.63, 3.8) is 0 Å². The molecule has 1 fully saturated rings. The number of carbonyl (C=O) groups excluding carboxylic acids is 2. The van der Waals surface area contributed by atoms with Crippen molar-refractivity contribution in [2.75, 3.05) is 26.4 Å². The summed E-state index contributed by atoms with van der Waals surface area (Å²) in [5.74, 6) is 1.28. The van der Waals surface area contributed by atoms with Gasteiger partial charge < -0.3 is 14.8 Å². The molecule has 0 aliphatic carbocycles. The number of nitrogens with zero attached hydrogens (tertiary/aromatic N) is 2. The van der Waals surface area contributed by atoms with Crippen molar-refractivity contribution in [3.05, 3.63) is 59.2 Å². The Morgan fingerprint density at radius 2 is 1.65 bits per heavy atom. The summed E-state index contributed by atoms with van der Waals surface area (Å²) in [4.78, 5) is 29.3. The van der Waals surface area contributed by atoms with E-state index in [1.54, 1.807) is 6.92 Å². The van der Waals surface area contributed by atoms with Crippen LogP contribution in [0.4, 0.5) is 4.79 Å². The standard InChI is InChI=1S/C24H29N3O4/c1-4-30-20-13-17-11-12-26(15-18(17)14-21(20)31-5-2)16-27-22(28)24(3,25-23(27)29)19-9-7-6-8-10-19/h6-10,13-14H,4-5,11-12,15-16H2,1-3H3,(H,25,29)/t24-/m0/s1. The maximum Gasteiger partial charge on any atom is 0.326 e. The van der Waals surface area contributed by atoms with Crippen LogP contribution >= 0.6 is 0 Å². The summed E-state index contributed by atoms with van der Waals surface area (Å²) in [5, 5.41) is 2.88. The van der Waals surface area contributed by atoms with Crippen molar-refractivity contribution in [1.29, 1.82) is 0 Å². The second kappa shape index (κ2) is 8.59. The van der Waals surface area contributed by atoms with Crippen molar-refractivity contribution in [3.8, 4) is 11.5 Å². The number of rotatable bonds is 7. The van der Waals surface area contributed by atoms with E-state index in [1.807, 2.05) is 50.2 Å². The van der Waals surface area contributed by atoms with Gasteiger partial charge in [0.2, 0.25) is 0 Å². The van der Waals surface area contributed by atoms with Gasteiger partial charge in [-0.2, -0.15) is 0 Å². The molecule has 7 heteroatoms. The van der Waals surface area contributed by atoms with E-state index >= 15 is 0 Å². The van der Waals surface area contributed by atoms with Gasteiger partial charge in [-0.05, 0) is 56.0 Å². The van der Waals surface area contributed by atoms with E-state index in [0.29, 0.717) is 19.8 Å². The van der Waals surface area contributed by atoms with Crippen molar-refractivity contribution in [1.82, 2.24) is 15.1 Å². The summed E-state index contributed by atoms with van der Waals surface area (Å²) in [7, 11) is 0. The number of imide groups is 1. The van der Waals surface area contributed by atoms with E-state index in [2.05, 4.69) is 16.3 Å². The van der Waals surface area contributed by atoms with Gasteiger partial charge in [0, 0.05) is 13.1 Å². The third kappa shape index (κ3) is 3.97. The van der Waals surface area contributed by atoms with Crippen LogP contribution in [0.3, 0.4) is 0 Å². The molecule has 0 radical (unpaired) electrons. The summed E-state index contributed by atoms with van der Waals surface area (Å²) in [6.45, 7) is 8.45. The quantitative estimate of drug-likeness (QED) is 0.692. The molecule has 31 heavy (non-hydrogen) atoms. The van der Waals surface area contributed by atoms with E-state index in [1.165, 1.54) is 10.5 Å². The predicted molar refractivity (Wildman–Crippen MR) is 117 cm³/mol. The monoisotopic (exact) mass is 423 g/mol. The fourth-order valence-corrected chi connectivity index (χ4v) is 4.27. The minimum absolute atomic E-state index is 0.226. The lowest BCUT2D eigenvalue weighted by molar-refractivity contribution is -0.132. The molecule has 1 atom stereocenters. The van der Waals surface area contributed by atoms with Gasteiger partial charge in [0.25, 0.3) is 5.91 Å². The van der Waals surface area contributed by atoms with Crippen LogP contribution in [0.5, 0.6) is 11.5 Å². The Hall–Kier alpha value is -3.06. The molecule has 1 N–H and O–H groups in total. The zero-order valence-corrected chi connectivity index (χ0v) is 18.3. The summed E-state index contributed by atoms with van der Waals surface area (Å²) >= 11 is 0. The lowest BCUT2D eigenvalue weighted by Gasteiger charge is -2.32. The summed E-state index contributed by atoms with van der Waals surface area (Å²) < 4.78 is 11.5. The molecule has 1 saturated heterocycles. The second-order valence-corrected chi connectivity index (χ2v) is 8.03. The van der Waals surface area contributed by atoms with Gasteiger partial charge >= 0.3 is 6.03 Å². The summed E-state index contributed by atoms with van der Waals surface area (Å²) in [6.07, 6.45) is 0.821. The third-order valence-electron chi connectivity index (χ3n) is 5.92. The molecule has 0 aromatic heterocycles. The Bertz CT molecular complexity index is 978. The van der Waals surface area contributed by atoms with Gasteiger partial charge in [0.05, 0.1) is 19.9 Å². The van der Waals surface area contributed by atoms with Gasteiger partial charge in [0.1, 0.15) is 5.54 Å². The van der Waals surface area contributed by atoms with Gasteiger partial charge in [-0.25, -0.2) is 9.69 Å². The highest BCUT2D eigenvalue weighted by molar-refractivity contribution is 6.07. The number of carbonyl (C=O) groups is 2. The van der Waals surface area contributed by atoms with Crippen LogP contribution in [0, 0.1) is 0 Å². The summed E-state index contributed by atoms with van der Waals surface area (Å²) in [6, 6.07) is 13.1. The van der Waals surface area contributed by atoms with Crippen LogP contribution in [0.1, 0.15) is 37.5 Å². The average Bonchev–Trinajstić information content (AvgIpc) is 2.99. The Labute approximate surface area is 182 Å². The zero-order chi connectivity index (χ0) is 22.0. The number of nitrogens with one attached hydrogen (secondary N) is 1. The first kappa shape index (κ1) is 21.2. The van der Waals surface area contributed by atoms with Gasteiger partial charge in [-0.3, -0.25) is 9.69 Å². The molecule has 0 unspecified atom stereocenters. The molecule has 0 saturated carbocycles. The fraction of sp³-hybridized carbons (Fsp3) is 0.417. The van der Waals surface area contributed by atoms with Crippen molar-refractivity contribution in [2.45, 2.75) is 39.3 Å². The van der Waals surface area contributed by atoms with Crippen molar-refractivity contribution in [2.24, 2.45) is 0 Å². The van der Waals surface area contributed by atoms with E-state index in [0.717, 1.165) is 35.6 Å². The molecule has 4 rings (SSSR count). The molecular formula is C24H29N3O4. The van der Waals surface area contributed by atoms with Crippen LogP contribution in [0.2, 0.25) is 0 Å². The molecule has 2 aliphatic heterocycles. The molecule has 164 valence electrons. The number of hydrogen-bond acceptors (Lipinski definition) is 5. The maximum atomic E-state index is 13.2. The minimum atomic E-state index is -1.04. The average molecular weight is 424 g/mol. The Morgan fingerprint density at radius 1 is 1.00 bits per heavy atom. The Morgan fingerprint density at radius 3 is 2.29 bits per heavy atom. The molecular weight excluding hydrogens is 394 g/mol. The van der Waals surface area contributed by atoms with E-state index in [-0.39, 0.29) is 18.6 Å².